The number of hydrogen-bond acceptors (Lipinski definition) is 6. The molecule has 0 saturated heterocycles. The average molecular weight is 550 g/mol. The number of rotatable bonds is 12. The molecule has 201 valence electrons. The summed E-state index contributed by atoms with van der Waals surface area (Å²) in [5, 5.41) is 30.6. The van der Waals surface area contributed by atoms with Crippen LogP contribution in [0.25, 0.3) is 21.9 Å². The van der Waals surface area contributed by atoms with E-state index in [2.05, 4.69) is 20.9 Å². The molecule has 1 aromatic heterocycles. The molecule has 1 heterocycles. The zero-order valence-corrected chi connectivity index (χ0v) is 24.3. The molecule has 4 aromatic rings. The van der Waals surface area contributed by atoms with E-state index < -0.39 is 24.3 Å². The van der Waals surface area contributed by atoms with Crippen LogP contribution in [0.15, 0.2) is 85.1 Å². The third kappa shape index (κ3) is 8.54. The van der Waals surface area contributed by atoms with Crippen molar-refractivity contribution in [2.75, 3.05) is 18.4 Å². The number of nitrogens with zero attached hydrogens (tertiary/aromatic N) is 1. The van der Waals surface area contributed by atoms with Gasteiger partial charge in [-0.2, -0.15) is 0 Å². The van der Waals surface area contributed by atoms with Crippen molar-refractivity contribution in [1.82, 2.24) is 15.6 Å². The van der Waals surface area contributed by atoms with E-state index in [0.29, 0.717) is 13.0 Å². The molecule has 3 aromatic carbocycles. The fourth-order valence-corrected chi connectivity index (χ4v) is 4.34. The van der Waals surface area contributed by atoms with Gasteiger partial charge in [0.1, 0.15) is 11.6 Å². The molecule has 9 nitrogen and oxygen atoms in total. The van der Waals surface area contributed by atoms with Gasteiger partial charge in [-0.15, -0.1) is 0 Å². The number of phenolic OH excluding ortho intramolecular Hbond substituents is 1. The topological polar surface area (TPSA) is 141 Å². The third-order valence-corrected chi connectivity index (χ3v) is 6.22. The second-order valence-electron chi connectivity index (χ2n) is 9.04. The van der Waals surface area contributed by atoms with E-state index in [1.165, 1.54) is 0 Å². The van der Waals surface area contributed by atoms with E-state index >= 15 is 0 Å². The van der Waals surface area contributed by atoms with Crippen molar-refractivity contribution in [2.24, 2.45) is 0 Å². The van der Waals surface area contributed by atoms with Crippen LogP contribution in [0.5, 0.6) is 5.75 Å². The van der Waals surface area contributed by atoms with E-state index in [1.807, 2.05) is 60.7 Å². The van der Waals surface area contributed by atoms with Gasteiger partial charge in [-0.1, -0.05) is 60.7 Å². The fraction of sp³-hybridized carbons (Fsp3) is 0.200. The van der Waals surface area contributed by atoms with Crippen molar-refractivity contribution in [1.29, 1.82) is 0 Å². The molecule has 0 aliphatic carbocycles. The van der Waals surface area contributed by atoms with Crippen LogP contribution in [-0.2, 0) is 14.4 Å². The Hall–Kier alpha value is -3.92. The normalized spacial score (nSPS) is 11.2. The first-order valence-electron chi connectivity index (χ1n) is 12.6. The number of anilines is 1. The number of fused-ring (bicyclic) bond motifs is 1. The molecule has 1 unspecified atom stereocenters. The quantitative estimate of drug-likeness (QED) is 0.133. The first-order valence-corrected chi connectivity index (χ1v) is 12.6. The number of aromatic nitrogens is 1. The van der Waals surface area contributed by atoms with Gasteiger partial charge >= 0.3 is 5.97 Å². The molecule has 1 radical (unpaired) electrons. The summed E-state index contributed by atoms with van der Waals surface area (Å²) < 4.78 is 0. The Bertz CT molecular complexity index is 1460. The number of nitrogens with one attached hydrogen (secondary N) is 3. The summed E-state index contributed by atoms with van der Waals surface area (Å²) in [6.07, 6.45) is 2.00. The van der Waals surface area contributed by atoms with E-state index in [0.717, 1.165) is 27.7 Å². The minimum Gasteiger partial charge on any atom is -0.508 e. The standard InChI is InChI=1S/C30H30N4O5.Na/c35-26-17-21(23-10-5-8-20-7-1-2-9-22(20)23)13-14-24(26)25(18-30(38)39)34-29(37)19-33-28(36)12-6-16-32-27-11-3-4-15-31-27;/h1-5,7-11,13-15,17,25,35H,6,12,16,18-19H2,(H,31,32)(H,33,36)(H,34,37)(H,38,39);. The summed E-state index contributed by atoms with van der Waals surface area (Å²) in [6.45, 7) is 0.239. The van der Waals surface area contributed by atoms with Gasteiger partial charge in [-0.05, 0) is 46.5 Å². The van der Waals surface area contributed by atoms with Crippen LogP contribution >= 0.6 is 0 Å². The molecule has 0 fully saturated rings. The summed E-state index contributed by atoms with van der Waals surface area (Å²) in [7, 11) is 0. The van der Waals surface area contributed by atoms with Crippen molar-refractivity contribution >= 4 is 63.9 Å². The predicted molar refractivity (Wildman–Crippen MR) is 155 cm³/mol. The van der Waals surface area contributed by atoms with Gasteiger partial charge in [0.2, 0.25) is 11.8 Å². The van der Waals surface area contributed by atoms with Crippen molar-refractivity contribution in [2.45, 2.75) is 25.3 Å². The minimum absolute atomic E-state index is 0. The van der Waals surface area contributed by atoms with E-state index in [-0.39, 0.29) is 59.7 Å². The zero-order valence-electron chi connectivity index (χ0n) is 22.3. The van der Waals surface area contributed by atoms with Crippen LogP contribution < -0.4 is 16.0 Å². The average Bonchev–Trinajstić information content (AvgIpc) is 2.94. The Balaban J connectivity index is 0.00000441. The van der Waals surface area contributed by atoms with Crippen molar-refractivity contribution in [3.63, 3.8) is 0 Å². The van der Waals surface area contributed by atoms with Crippen LogP contribution in [0.3, 0.4) is 0 Å². The Labute approximate surface area is 254 Å². The zero-order chi connectivity index (χ0) is 27.6. The monoisotopic (exact) mass is 549 g/mol. The number of aliphatic carboxylic acids is 1. The second-order valence-corrected chi connectivity index (χ2v) is 9.04. The molecular weight excluding hydrogens is 519 g/mol. The van der Waals surface area contributed by atoms with E-state index in [9.17, 15) is 24.6 Å². The first-order chi connectivity index (χ1) is 18.9. The Morgan fingerprint density at radius 1 is 0.900 bits per heavy atom. The van der Waals surface area contributed by atoms with Gasteiger partial charge in [0.05, 0.1) is 19.0 Å². The molecule has 40 heavy (non-hydrogen) atoms. The summed E-state index contributed by atoms with van der Waals surface area (Å²) >= 11 is 0. The third-order valence-electron chi connectivity index (χ3n) is 6.22. The predicted octanol–water partition coefficient (Wildman–Crippen LogP) is 3.87. The SMILES string of the molecule is O=C(O)CC(NC(=O)CNC(=O)CCCNc1ccccn1)c1ccc(-c2cccc3ccccc23)cc1O.[Na]. The maximum absolute atomic E-state index is 12.6. The number of hydrogen-bond donors (Lipinski definition) is 5. The molecule has 0 saturated carbocycles. The molecule has 10 heteroatoms. The Morgan fingerprint density at radius 2 is 1.68 bits per heavy atom. The van der Waals surface area contributed by atoms with Crippen molar-refractivity contribution in [3.05, 3.63) is 90.6 Å². The maximum Gasteiger partial charge on any atom is 0.305 e. The van der Waals surface area contributed by atoms with Crippen LogP contribution in [-0.4, -0.2) is 75.6 Å². The first kappa shape index (κ1) is 30.6. The van der Waals surface area contributed by atoms with Crippen LogP contribution in [0.1, 0.15) is 30.9 Å². The Kier molecular flexibility index (Phi) is 11.5. The van der Waals surface area contributed by atoms with Crippen LogP contribution in [0, 0.1) is 0 Å². The van der Waals surface area contributed by atoms with E-state index in [4.69, 9.17) is 0 Å². The smallest absolute Gasteiger partial charge is 0.305 e. The number of amides is 2. The van der Waals surface area contributed by atoms with Gasteiger partial charge in [-0.3, -0.25) is 14.4 Å². The molecule has 4 rings (SSSR count). The van der Waals surface area contributed by atoms with Crippen LogP contribution in [0.2, 0.25) is 0 Å². The van der Waals surface area contributed by atoms with Gasteiger partial charge in [0.15, 0.2) is 0 Å². The molecule has 0 spiro atoms. The van der Waals surface area contributed by atoms with Gasteiger partial charge in [0, 0.05) is 54.3 Å². The summed E-state index contributed by atoms with van der Waals surface area (Å²) in [6, 6.07) is 23.3. The van der Waals surface area contributed by atoms with Crippen molar-refractivity contribution < 1.29 is 24.6 Å². The number of aromatic hydroxyl groups is 1. The minimum atomic E-state index is -1.14. The maximum atomic E-state index is 12.6. The largest absolute Gasteiger partial charge is 0.508 e. The van der Waals surface area contributed by atoms with Gasteiger partial charge in [0.25, 0.3) is 0 Å². The molecular formula is C30H30N4NaO5. The fourth-order valence-electron chi connectivity index (χ4n) is 4.34. The van der Waals surface area contributed by atoms with Crippen molar-refractivity contribution in [3.8, 4) is 16.9 Å². The summed E-state index contributed by atoms with van der Waals surface area (Å²) in [5.41, 5.74) is 1.96. The van der Waals surface area contributed by atoms with E-state index in [1.54, 1.807) is 24.4 Å². The number of carbonyl (C=O) groups is 3. The molecule has 0 aliphatic rings. The Morgan fingerprint density at radius 3 is 2.42 bits per heavy atom. The molecule has 5 N–H and O–H groups in total. The number of carboxylic acids is 1. The second kappa shape index (κ2) is 15.0. The molecule has 2 amide bonds. The van der Waals surface area contributed by atoms with Crippen LogP contribution in [0.4, 0.5) is 5.82 Å². The number of carboxylic acid groups (broad SMARTS) is 1. The molecule has 0 aliphatic heterocycles. The number of phenols is 1. The summed E-state index contributed by atoms with van der Waals surface area (Å²) in [4.78, 5) is 40.4. The van der Waals surface area contributed by atoms with Gasteiger partial charge in [-0.25, -0.2) is 4.98 Å². The number of carbonyl (C=O) groups excluding carboxylic acids is 2. The number of benzene rings is 3. The molecule has 0 bridgehead atoms. The summed E-state index contributed by atoms with van der Waals surface area (Å²) in [5.74, 6) is -1.40. The number of pyridine rings is 1. The van der Waals surface area contributed by atoms with Gasteiger partial charge < -0.3 is 26.2 Å². The molecule has 1 atom stereocenters.